The van der Waals surface area contributed by atoms with Gasteiger partial charge in [-0.1, -0.05) is 59.3 Å². The van der Waals surface area contributed by atoms with E-state index in [1.165, 1.54) is 57.1 Å². The van der Waals surface area contributed by atoms with Crippen molar-refractivity contribution < 1.29 is 0 Å². The molecular weight excluding hydrogens is 244 g/mol. The molecule has 0 amide bonds. The summed E-state index contributed by atoms with van der Waals surface area (Å²) in [6, 6.07) is 2.74. The molecule has 1 rings (SSSR count). The van der Waals surface area contributed by atoms with Crippen LogP contribution < -0.4 is 5.32 Å². The average molecular weight is 278 g/mol. The Morgan fingerprint density at radius 2 is 1.70 bits per heavy atom. The SMILES string of the molecule is CCCCCCCCCn1ccc(C(NC)C(C)C)c1. The van der Waals surface area contributed by atoms with E-state index < -0.39 is 0 Å². The number of rotatable bonds is 11. The first-order valence-corrected chi connectivity index (χ1v) is 8.52. The van der Waals surface area contributed by atoms with Crippen LogP contribution in [0.4, 0.5) is 0 Å². The van der Waals surface area contributed by atoms with Crippen LogP contribution in [0.5, 0.6) is 0 Å². The van der Waals surface area contributed by atoms with Crippen molar-refractivity contribution in [3.05, 3.63) is 24.0 Å². The van der Waals surface area contributed by atoms with Crippen molar-refractivity contribution in [1.82, 2.24) is 9.88 Å². The predicted molar refractivity (Wildman–Crippen MR) is 89.1 cm³/mol. The highest BCUT2D eigenvalue weighted by molar-refractivity contribution is 5.16. The molecular formula is C18H34N2. The Kier molecular flexibility index (Phi) is 8.68. The van der Waals surface area contributed by atoms with Gasteiger partial charge in [0.05, 0.1) is 0 Å². The number of unbranched alkanes of at least 4 members (excludes halogenated alkanes) is 6. The Bertz CT molecular complexity index is 341. The van der Waals surface area contributed by atoms with Crippen molar-refractivity contribution in [2.24, 2.45) is 5.92 Å². The van der Waals surface area contributed by atoms with E-state index in [2.05, 4.69) is 56.2 Å². The van der Waals surface area contributed by atoms with Gasteiger partial charge >= 0.3 is 0 Å². The summed E-state index contributed by atoms with van der Waals surface area (Å²) in [6.45, 7) is 7.99. The highest BCUT2D eigenvalue weighted by atomic mass is 15.0. The molecule has 2 nitrogen and oxygen atoms in total. The number of aromatic nitrogens is 1. The number of nitrogens with zero attached hydrogens (tertiary/aromatic N) is 1. The van der Waals surface area contributed by atoms with Crippen LogP contribution >= 0.6 is 0 Å². The molecule has 0 radical (unpaired) electrons. The van der Waals surface area contributed by atoms with Crippen molar-refractivity contribution >= 4 is 0 Å². The van der Waals surface area contributed by atoms with Crippen molar-refractivity contribution in [3.8, 4) is 0 Å². The number of hydrogen-bond donors (Lipinski definition) is 1. The van der Waals surface area contributed by atoms with Gasteiger partial charge in [0.1, 0.15) is 0 Å². The molecule has 1 heterocycles. The zero-order chi connectivity index (χ0) is 14.8. The van der Waals surface area contributed by atoms with E-state index in [9.17, 15) is 0 Å². The van der Waals surface area contributed by atoms with Gasteiger partial charge in [-0.2, -0.15) is 0 Å². The second-order valence-electron chi connectivity index (χ2n) is 6.31. The third-order valence-corrected chi connectivity index (χ3v) is 4.13. The fourth-order valence-corrected chi connectivity index (χ4v) is 2.92. The van der Waals surface area contributed by atoms with Crippen LogP contribution in [0.15, 0.2) is 18.5 Å². The van der Waals surface area contributed by atoms with Gasteiger partial charge < -0.3 is 9.88 Å². The molecule has 116 valence electrons. The minimum atomic E-state index is 0.477. The summed E-state index contributed by atoms with van der Waals surface area (Å²) < 4.78 is 2.36. The monoisotopic (exact) mass is 278 g/mol. The number of nitrogens with one attached hydrogen (secondary N) is 1. The third-order valence-electron chi connectivity index (χ3n) is 4.13. The standard InChI is InChI=1S/C18H34N2/c1-5-6-7-8-9-10-11-13-20-14-12-17(15-20)18(19-4)16(2)3/h12,14-16,18-19H,5-11,13H2,1-4H3. The van der Waals surface area contributed by atoms with Gasteiger partial charge in [0.25, 0.3) is 0 Å². The summed E-state index contributed by atoms with van der Waals surface area (Å²) in [4.78, 5) is 0. The van der Waals surface area contributed by atoms with Crippen molar-refractivity contribution in [3.63, 3.8) is 0 Å². The molecule has 2 heteroatoms. The molecule has 0 saturated carbocycles. The molecule has 0 fully saturated rings. The molecule has 0 bridgehead atoms. The van der Waals surface area contributed by atoms with Crippen molar-refractivity contribution in [2.45, 2.75) is 78.3 Å². The first-order chi connectivity index (χ1) is 9.69. The van der Waals surface area contributed by atoms with Crippen LogP contribution in [-0.4, -0.2) is 11.6 Å². The highest BCUT2D eigenvalue weighted by Gasteiger charge is 2.14. The summed E-state index contributed by atoms with van der Waals surface area (Å²) in [6.07, 6.45) is 14.2. The molecule has 1 atom stereocenters. The van der Waals surface area contributed by atoms with Gasteiger partial charge in [-0.05, 0) is 31.0 Å². The Balaban J connectivity index is 2.23. The molecule has 0 spiro atoms. The van der Waals surface area contributed by atoms with E-state index in [1.807, 2.05) is 0 Å². The zero-order valence-corrected chi connectivity index (χ0v) is 14.0. The first kappa shape index (κ1) is 17.3. The van der Waals surface area contributed by atoms with Gasteiger partial charge in [0, 0.05) is 25.0 Å². The normalized spacial score (nSPS) is 13.1. The Morgan fingerprint density at radius 3 is 2.30 bits per heavy atom. The maximum atomic E-state index is 3.41. The topological polar surface area (TPSA) is 17.0 Å². The third kappa shape index (κ3) is 6.13. The van der Waals surface area contributed by atoms with E-state index in [4.69, 9.17) is 0 Å². The van der Waals surface area contributed by atoms with Crippen LogP contribution in [0.3, 0.4) is 0 Å². The first-order valence-electron chi connectivity index (χ1n) is 8.52. The molecule has 20 heavy (non-hydrogen) atoms. The van der Waals surface area contributed by atoms with Crippen LogP contribution in [0.25, 0.3) is 0 Å². The lowest BCUT2D eigenvalue weighted by atomic mass is 9.99. The van der Waals surface area contributed by atoms with E-state index in [0.29, 0.717) is 12.0 Å². The lowest BCUT2D eigenvalue weighted by Gasteiger charge is -2.18. The Hall–Kier alpha value is -0.760. The molecule has 0 aliphatic carbocycles. The number of hydrogen-bond acceptors (Lipinski definition) is 1. The molecule has 1 N–H and O–H groups in total. The highest BCUT2D eigenvalue weighted by Crippen LogP contribution is 2.21. The lowest BCUT2D eigenvalue weighted by molar-refractivity contribution is 0.442. The van der Waals surface area contributed by atoms with Gasteiger partial charge in [0.15, 0.2) is 0 Å². The molecule has 1 aromatic heterocycles. The minimum Gasteiger partial charge on any atom is -0.354 e. The molecule has 1 aromatic rings. The largest absolute Gasteiger partial charge is 0.354 e. The molecule has 0 saturated heterocycles. The van der Waals surface area contributed by atoms with Gasteiger partial charge in [-0.25, -0.2) is 0 Å². The Labute approximate surface area is 126 Å². The quantitative estimate of drug-likeness (QED) is 0.554. The minimum absolute atomic E-state index is 0.477. The number of aryl methyl sites for hydroxylation is 1. The second kappa shape index (κ2) is 10.0. The van der Waals surface area contributed by atoms with Gasteiger partial charge in [-0.15, -0.1) is 0 Å². The van der Waals surface area contributed by atoms with Crippen LogP contribution in [0.2, 0.25) is 0 Å². The summed E-state index contributed by atoms with van der Waals surface area (Å²) in [5.41, 5.74) is 1.42. The summed E-state index contributed by atoms with van der Waals surface area (Å²) in [7, 11) is 2.05. The fraction of sp³-hybridized carbons (Fsp3) is 0.778. The molecule has 0 aromatic carbocycles. The van der Waals surface area contributed by atoms with E-state index in [-0.39, 0.29) is 0 Å². The fourth-order valence-electron chi connectivity index (χ4n) is 2.92. The van der Waals surface area contributed by atoms with Crippen molar-refractivity contribution in [2.75, 3.05) is 7.05 Å². The van der Waals surface area contributed by atoms with Crippen molar-refractivity contribution in [1.29, 1.82) is 0 Å². The van der Waals surface area contributed by atoms with E-state index >= 15 is 0 Å². The molecule has 1 unspecified atom stereocenters. The average Bonchev–Trinajstić information content (AvgIpc) is 2.87. The Morgan fingerprint density at radius 1 is 1.05 bits per heavy atom. The van der Waals surface area contributed by atoms with E-state index in [1.54, 1.807) is 0 Å². The van der Waals surface area contributed by atoms with Gasteiger partial charge in [0.2, 0.25) is 0 Å². The van der Waals surface area contributed by atoms with E-state index in [0.717, 1.165) is 0 Å². The smallest absolute Gasteiger partial charge is 0.0355 e. The lowest BCUT2D eigenvalue weighted by Crippen LogP contribution is -2.21. The summed E-state index contributed by atoms with van der Waals surface area (Å²) >= 11 is 0. The maximum absolute atomic E-state index is 3.41. The van der Waals surface area contributed by atoms with Crippen LogP contribution in [0.1, 0.15) is 77.3 Å². The summed E-state index contributed by atoms with van der Waals surface area (Å²) in [5, 5.41) is 3.41. The molecule has 0 aliphatic rings. The molecule has 0 aliphatic heterocycles. The zero-order valence-electron chi connectivity index (χ0n) is 14.0. The predicted octanol–water partition coefficient (Wildman–Crippen LogP) is 5.16. The van der Waals surface area contributed by atoms with Gasteiger partial charge in [-0.3, -0.25) is 0 Å². The second-order valence-corrected chi connectivity index (χ2v) is 6.31. The van der Waals surface area contributed by atoms with Crippen LogP contribution in [-0.2, 0) is 6.54 Å². The van der Waals surface area contributed by atoms with Crippen LogP contribution in [0, 0.1) is 5.92 Å². The maximum Gasteiger partial charge on any atom is 0.0355 e. The summed E-state index contributed by atoms with van der Waals surface area (Å²) in [5.74, 6) is 0.634.